The first-order chi connectivity index (χ1) is 13.3. The molecule has 0 aromatic heterocycles. The number of fused-ring (bicyclic) bond motifs is 1. The van der Waals surface area contributed by atoms with Crippen molar-refractivity contribution in [2.75, 3.05) is 19.6 Å². The molecule has 136 valence electrons. The quantitative estimate of drug-likeness (QED) is 0.497. The predicted molar refractivity (Wildman–Crippen MR) is 110 cm³/mol. The van der Waals surface area contributed by atoms with Gasteiger partial charge >= 0.3 is 5.97 Å². The number of nitrogens with zero attached hydrogens (tertiary/aromatic N) is 1. The fourth-order valence-corrected chi connectivity index (χ4v) is 3.67. The highest BCUT2D eigenvalue weighted by atomic mass is 16.5. The minimum Gasteiger partial charge on any atom is -0.425 e. The van der Waals surface area contributed by atoms with Gasteiger partial charge in [0.1, 0.15) is 5.75 Å². The Morgan fingerprint density at radius 1 is 1.00 bits per heavy atom. The van der Waals surface area contributed by atoms with Gasteiger partial charge in [-0.3, -0.25) is 9.69 Å². The molecule has 1 atom stereocenters. The van der Waals surface area contributed by atoms with Crippen molar-refractivity contribution in [2.24, 2.45) is 5.92 Å². The molecule has 1 aliphatic rings. The molecule has 4 rings (SSSR count). The Hall–Kier alpha value is -2.91. The zero-order valence-electron chi connectivity index (χ0n) is 15.5. The molecule has 0 fully saturated rings. The van der Waals surface area contributed by atoms with E-state index in [2.05, 4.69) is 30.0 Å². The Balaban J connectivity index is 1.65. The van der Waals surface area contributed by atoms with Gasteiger partial charge in [-0.2, -0.15) is 0 Å². The van der Waals surface area contributed by atoms with Crippen LogP contribution >= 0.6 is 0 Å². The van der Waals surface area contributed by atoms with Crippen molar-refractivity contribution in [2.45, 2.75) is 6.92 Å². The van der Waals surface area contributed by atoms with Gasteiger partial charge in [0.25, 0.3) is 0 Å². The van der Waals surface area contributed by atoms with Gasteiger partial charge in [0.2, 0.25) is 0 Å². The molecule has 0 saturated carbocycles. The number of carbonyl (C=O) groups is 1. The third-order valence-electron chi connectivity index (χ3n) is 5.18. The second kappa shape index (κ2) is 7.77. The van der Waals surface area contributed by atoms with Crippen molar-refractivity contribution < 1.29 is 9.53 Å². The molecule has 0 bridgehead atoms. The third-order valence-corrected chi connectivity index (χ3v) is 5.18. The summed E-state index contributed by atoms with van der Waals surface area (Å²) in [5, 5.41) is 2.03. The highest BCUT2D eigenvalue weighted by Gasteiger charge is 2.31. The lowest BCUT2D eigenvalue weighted by Crippen LogP contribution is -2.39. The first-order valence-electron chi connectivity index (χ1n) is 9.43. The highest BCUT2D eigenvalue weighted by Crippen LogP contribution is 2.31. The summed E-state index contributed by atoms with van der Waals surface area (Å²) in [6, 6.07) is 23.9. The van der Waals surface area contributed by atoms with Crippen LogP contribution in [0, 0.1) is 5.92 Å². The second-order valence-corrected chi connectivity index (χ2v) is 6.83. The highest BCUT2D eigenvalue weighted by molar-refractivity contribution is 5.94. The van der Waals surface area contributed by atoms with Gasteiger partial charge in [-0.25, -0.2) is 0 Å². The topological polar surface area (TPSA) is 29.5 Å². The molecule has 0 N–H and O–H groups in total. The largest absolute Gasteiger partial charge is 0.425 e. The molecular formula is C24H23NO2. The molecule has 3 heteroatoms. The van der Waals surface area contributed by atoms with E-state index < -0.39 is 0 Å². The summed E-state index contributed by atoms with van der Waals surface area (Å²) < 4.78 is 5.91. The summed E-state index contributed by atoms with van der Waals surface area (Å²) in [4.78, 5) is 15.4. The van der Waals surface area contributed by atoms with Crippen LogP contribution in [0.1, 0.15) is 12.5 Å². The summed E-state index contributed by atoms with van der Waals surface area (Å²) in [6.45, 7) is 4.57. The summed E-state index contributed by atoms with van der Waals surface area (Å²) in [6.07, 6.45) is 2.16. The van der Waals surface area contributed by atoms with E-state index in [0.717, 1.165) is 35.0 Å². The molecule has 0 saturated heterocycles. The van der Waals surface area contributed by atoms with Crippen LogP contribution in [0.5, 0.6) is 5.75 Å². The van der Waals surface area contributed by atoms with Crippen LogP contribution in [0.25, 0.3) is 16.3 Å². The number of rotatable bonds is 4. The van der Waals surface area contributed by atoms with Crippen LogP contribution < -0.4 is 4.74 Å². The fourth-order valence-electron chi connectivity index (χ4n) is 3.67. The molecule has 0 radical (unpaired) electrons. The van der Waals surface area contributed by atoms with E-state index in [4.69, 9.17) is 4.74 Å². The number of ether oxygens (including phenoxy) is 1. The van der Waals surface area contributed by atoms with Crippen molar-refractivity contribution in [3.8, 4) is 5.75 Å². The van der Waals surface area contributed by atoms with Crippen molar-refractivity contribution in [3.05, 3.63) is 84.4 Å². The van der Waals surface area contributed by atoms with E-state index >= 15 is 0 Å². The van der Waals surface area contributed by atoms with Gasteiger partial charge in [0.15, 0.2) is 0 Å². The van der Waals surface area contributed by atoms with Gasteiger partial charge in [0.05, 0.1) is 5.92 Å². The van der Waals surface area contributed by atoms with Crippen molar-refractivity contribution in [1.29, 1.82) is 0 Å². The summed E-state index contributed by atoms with van der Waals surface area (Å²) in [7, 11) is 0. The standard InChI is InChI=1S/C24H23NO2/c1-2-25-16-15-20(18-9-4-3-5-10-18)22(17-25)24(26)27-23-14-8-12-19-11-6-7-13-21(19)23/h3-15,22H,2,16-17H2,1H3. The normalized spacial score (nSPS) is 17.5. The lowest BCUT2D eigenvalue weighted by atomic mass is 9.89. The molecule has 3 nitrogen and oxygen atoms in total. The Morgan fingerprint density at radius 3 is 2.56 bits per heavy atom. The molecule has 27 heavy (non-hydrogen) atoms. The van der Waals surface area contributed by atoms with E-state index in [1.54, 1.807) is 0 Å². The zero-order valence-corrected chi connectivity index (χ0v) is 15.5. The maximum Gasteiger partial charge on any atom is 0.320 e. The van der Waals surface area contributed by atoms with Gasteiger partial charge in [0, 0.05) is 18.5 Å². The van der Waals surface area contributed by atoms with Gasteiger partial charge in [-0.05, 0) is 29.1 Å². The van der Waals surface area contributed by atoms with E-state index in [9.17, 15) is 4.79 Å². The van der Waals surface area contributed by atoms with E-state index in [0.29, 0.717) is 12.3 Å². The van der Waals surface area contributed by atoms with Crippen molar-refractivity contribution in [1.82, 2.24) is 4.90 Å². The lowest BCUT2D eigenvalue weighted by Gasteiger charge is -2.31. The van der Waals surface area contributed by atoms with E-state index in [1.165, 1.54) is 0 Å². The number of carbonyl (C=O) groups excluding carboxylic acids is 1. The Labute approximate surface area is 159 Å². The van der Waals surface area contributed by atoms with Crippen molar-refractivity contribution in [3.63, 3.8) is 0 Å². The molecular weight excluding hydrogens is 334 g/mol. The maximum atomic E-state index is 13.2. The van der Waals surface area contributed by atoms with Crippen molar-refractivity contribution >= 4 is 22.3 Å². The van der Waals surface area contributed by atoms with Crippen LogP contribution in [-0.4, -0.2) is 30.5 Å². The minimum absolute atomic E-state index is 0.195. The Morgan fingerprint density at radius 2 is 1.74 bits per heavy atom. The average molecular weight is 357 g/mol. The maximum absolute atomic E-state index is 13.2. The van der Waals surface area contributed by atoms with Crippen LogP contribution in [0.4, 0.5) is 0 Å². The number of likely N-dealkylation sites (N-methyl/N-ethyl adjacent to an activating group) is 1. The summed E-state index contributed by atoms with van der Waals surface area (Å²) in [5.74, 6) is 0.138. The van der Waals surface area contributed by atoms with Gasteiger partial charge in [-0.15, -0.1) is 0 Å². The van der Waals surface area contributed by atoms with Crippen LogP contribution in [-0.2, 0) is 4.79 Å². The average Bonchev–Trinajstić information content (AvgIpc) is 2.74. The first kappa shape index (κ1) is 17.5. The molecule has 3 aromatic carbocycles. The predicted octanol–water partition coefficient (Wildman–Crippen LogP) is 4.78. The molecule has 0 aliphatic carbocycles. The molecule has 1 unspecified atom stereocenters. The number of hydrogen-bond acceptors (Lipinski definition) is 3. The lowest BCUT2D eigenvalue weighted by molar-refractivity contribution is -0.137. The van der Waals surface area contributed by atoms with E-state index in [-0.39, 0.29) is 11.9 Å². The molecule has 0 spiro atoms. The second-order valence-electron chi connectivity index (χ2n) is 6.83. The summed E-state index contributed by atoms with van der Waals surface area (Å²) >= 11 is 0. The zero-order chi connectivity index (χ0) is 18.6. The monoisotopic (exact) mass is 357 g/mol. The van der Waals surface area contributed by atoms with Crippen LogP contribution in [0.15, 0.2) is 78.9 Å². The Kier molecular flexibility index (Phi) is 5.03. The smallest absolute Gasteiger partial charge is 0.320 e. The molecule has 1 aliphatic heterocycles. The first-order valence-corrected chi connectivity index (χ1v) is 9.43. The summed E-state index contributed by atoms with van der Waals surface area (Å²) in [5.41, 5.74) is 2.15. The van der Waals surface area contributed by atoms with Gasteiger partial charge in [-0.1, -0.05) is 79.7 Å². The molecule has 0 amide bonds. The SMILES string of the molecule is CCN1CC=C(c2ccccc2)C(C(=O)Oc2cccc3ccccc23)C1. The number of hydrogen-bond donors (Lipinski definition) is 0. The van der Waals surface area contributed by atoms with Crippen LogP contribution in [0.2, 0.25) is 0 Å². The molecule has 1 heterocycles. The van der Waals surface area contributed by atoms with Crippen LogP contribution in [0.3, 0.4) is 0 Å². The number of benzene rings is 3. The third kappa shape index (κ3) is 3.64. The fraction of sp³-hybridized carbons (Fsp3) is 0.208. The van der Waals surface area contributed by atoms with E-state index in [1.807, 2.05) is 60.7 Å². The molecule has 3 aromatic rings. The Bertz CT molecular complexity index is 973. The minimum atomic E-state index is -0.292. The van der Waals surface area contributed by atoms with Gasteiger partial charge < -0.3 is 4.74 Å². The number of esters is 1.